The fraction of sp³-hybridized carbons (Fsp3) is 0.810. The highest BCUT2D eigenvalue weighted by Gasteiger charge is 2.42. The van der Waals surface area contributed by atoms with E-state index in [4.69, 9.17) is 0 Å². The molecule has 1 aliphatic carbocycles. The van der Waals surface area contributed by atoms with Crippen molar-refractivity contribution in [2.24, 2.45) is 16.7 Å². The fourth-order valence-corrected chi connectivity index (χ4v) is 3.53. The number of Topliss-reactive ketones (excluding diaryl/α,β-unsaturated/α-hetero) is 2. The van der Waals surface area contributed by atoms with Crippen LogP contribution in [0.3, 0.4) is 0 Å². The molecule has 1 rings (SSSR count). The standard InChI is InChI=1S/C21H36O2/c1-17-16-18(22)14-12-10-8-6-7-9-11-13-15-20(2,3)19(23)21(17,4)5/h9,11,17H,6-8,10,12-16H2,1-5H3/b11-9-. The van der Waals surface area contributed by atoms with Crippen LogP contribution >= 0.6 is 0 Å². The number of allylic oxidation sites excluding steroid dienone is 2. The molecule has 1 unspecified atom stereocenters. The molecule has 0 amide bonds. The van der Waals surface area contributed by atoms with Gasteiger partial charge in [0.15, 0.2) is 0 Å². The number of carbonyl (C=O) groups is 2. The van der Waals surface area contributed by atoms with Gasteiger partial charge >= 0.3 is 0 Å². The second-order valence-corrected chi connectivity index (χ2v) is 8.54. The molecule has 0 aromatic rings. The van der Waals surface area contributed by atoms with Crippen molar-refractivity contribution >= 4 is 11.6 Å². The van der Waals surface area contributed by atoms with Crippen LogP contribution < -0.4 is 0 Å². The predicted octanol–water partition coefficient (Wildman–Crippen LogP) is 5.89. The third-order valence-electron chi connectivity index (χ3n) is 5.64. The van der Waals surface area contributed by atoms with Gasteiger partial charge < -0.3 is 0 Å². The molecular formula is C21H36O2. The Hall–Kier alpha value is -0.920. The van der Waals surface area contributed by atoms with Crippen LogP contribution in [0.2, 0.25) is 0 Å². The second kappa shape index (κ2) is 8.80. The summed E-state index contributed by atoms with van der Waals surface area (Å²) >= 11 is 0. The molecule has 0 bridgehead atoms. The Morgan fingerprint density at radius 2 is 1.52 bits per heavy atom. The van der Waals surface area contributed by atoms with Crippen molar-refractivity contribution in [2.45, 2.75) is 92.4 Å². The number of hydrogen-bond acceptors (Lipinski definition) is 2. The first-order chi connectivity index (χ1) is 10.7. The number of hydrogen-bond donors (Lipinski definition) is 0. The average molecular weight is 321 g/mol. The molecule has 0 saturated carbocycles. The van der Waals surface area contributed by atoms with Gasteiger partial charge in [-0.1, -0.05) is 59.6 Å². The second-order valence-electron chi connectivity index (χ2n) is 8.54. The summed E-state index contributed by atoms with van der Waals surface area (Å²) in [5, 5.41) is 0. The zero-order valence-electron chi connectivity index (χ0n) is 15.9. The lowest BCUT2D eigenvalue weighted by Gasteiger charge is -2.37. The molecule has 0 aromatic carbocycles. The van der Waals surface area contributed by atoms with Crippen LogP contribution in [-0.4, -0.2) is 11.6 Å². The minimum Gasteiger partial charge on any atom is -0.300 e. The van der Waals surface area contributed by atoms with E-state index in [1.54, 1.807) is 0 Å². The summed E-state index contributed by atoms with van der Waals surface area (Å²) in [5.41, 5.74) is -0.776. The molecule has 0 saturated heterocycles. The number of carbonyl (C=O) groups excluding carboxylic acids is 2. The summed E-state index contributed by atoms with van der Waals surface area (Å²) in [4.78, 5) is 25.3. The van der Waals surface area contributed by atoms with Gasteiger partial charge in [-0.2, -0.15) is 0 Å². The third kappa shape index (κ3) is 6.24. The van der Waals surface area contributed by atoms with E-state index < -0.39 is 5.41 Å². The zero-order valence-corrected chi connectivity index (χ0v) is 15.9. The van der Waals surface area contributed by atoms with Crippen LogP contribution in [0.4, 0.5) is 0 Å². The summed E-state index contributed by atoms with van der Waals surface area (Å²) in [5.74, 6) is 0.721. The van der Waals surface area contributed by atoms with Crippen molar-refractivity contribution in [3.8, 4) is 0 Å². The monoisotopic (exact) mass is 320 g/mol. The lowest BCUT2D eigenvalue weighted by atomic mass is 9.65. The summed E-state index contributed by atoms with van der Waals surface area (Å²) in [6.07, 6.45) is 13.2. The Labute approximate surface area is 143 Å². The molecule has 0 aliphatic heterocycles. The molecule has 2 heteroatoms. The van der Waals surface area contributed by atoms with E-state index in [2.05, 4.69) is 32.9 Å². The van der Waals surface area contributed by atoms with Crippen molar-refractivity contribution in [3.05, 3.63) is 12.2 Å². The van der Waals surface area contributed by atoms with Crippen molar-refractivity contribution in [2.75, 3.05) is 0 Å². The van der Waals surface area contributed by atoms with Crippen LogP contribution in [0.1, 0.15) is 92.4 Å². The lowest BCUT2D eigenvalue weighted by molar-refractivity contribution is -0.139. The van der Waals surface area contributed by atoms with E-state index in [0.29, 0.717) is 24.4 Å². The molecule has 0 heterocycles. The van der Waals surface area contributed by atoms with Gasteiger partial charge in [-0.25, -0.2) is 0 Å². The average Bonchev–Trinajstić information content (AvgIpc) is 2.47. The number of rotatable bonds is 0. The maximum absolute atomic E-state index is 13.1. The van der Waals surface area contributed by atoms with Crippen LogP contribution in [0, 0.1) is 16.7 Å². The molecule has 0 radical (unpaired) electrons. The molecule has 0 N–H and O–H groups in total. The van der Waals surface area contributed by atoms with E-state index in [-0.39, 0.29) is 11.3 Å². The minimum atomic E-state index is -0.445. The predicted molar refractivity (Wildman–Crippen MR) is 97.4 cm³/mol. The molecule has 1 atom stereocenters. The van der Waals surface area contributed by atoms with E-state index in [0.717, 1.165) is 32.1 Å². The summed E-state index contributed by atoms with van der Waals surface area (Å²) in [7, 11) is 0. The van der Waals surface area contributed by atoms with E-state index >= 15 is 0 Å². The first-order valence-electron chi connectivity index (χ1n) is 9.39. The zero-order chi connectivity index (χ0) is 17.5. The Bertz CT molecular complexity index is 429. The lowest BCUT2D eigenvalue weighted by Crippen LogP contribution is -2.41. The molecule has 23 heavy (non-hydrogen) atoms. The highest BCUT2D eigenvalue weighted by Crippen LogP contribution is 2.39. The Morgan fingerprint density at radius 1 is 0.913 bits per heavy atom. The van der Waals surface area contributed by atoms with Crippen LogP contribution in [-0.2, 0) is 9.59 Å². The first kappa shape index (κ1) is 20.1. The van der Waals surface area contributed by atoms with Gasteiger partial charge in [0.1, 0.15) is 11.6 Å². The Balaban J connectivity index is 2.87. The van der Waals surface area contributed by atoms with E-state index in [1.165, 1.54) is 12.8 Å². The van der Waals surface area contributed by atoms with Gasteiger partial charge in [-0.3, -0.25) is 9.59 Å². The van der Waals surface area contributed by atoms with Gasteiger partial charge in [-0.15, -0.1) is 0 Å². The third-order valence-corrected chi connectivity index (χ3v) is 5.64. The van der Waals surface area contributed by atoms with Crippen LogP contribution in [0.15, 0.2) is 12.2 Å². The Morgan fingerprint density at radius 3 is 2.22 bits per heavy atom. The first-order valence-corrected chi connectivity index (χ1v) is 9.39. The highest BCUT2D eigenvalue weighted by molar-refractivity contribution is 5.90. The Kier molecular flexibility index (Phi) is 7.70. The molecule has 1 aliphatic rings. The van der Waals surface area contributed by atoms with Crippen molar-refractivity contribution < 1.29 is 9.59 Å². The van der Waals surface area contributed by atoms with E-state index in [9.17, 15) is 9.59 Å². The largest absolute Gasteiger partial charge is 0.300 e. The highest BCUT2D eigenvalue weighted by atomic mass is 16.1. The fourth-order valence-electron chi connectivity index (χ4n) is 3.53. The summed E-state index contributed by atoms with van der Waals surface area (Å²) in [6.45, 7) is 10.2. The smallest absolute Gasteiger partial charge is 0.144 e. The van der Waals surface area contributed by atoms with Gasteiger partial charge in [0, 0.05) is 23.7 Å². The number of ketones is 2. The van der Waals surface area contributed by atoms with Gasteiger partial charge in [0.25, 0.3) is 0 Å². The van der Waals surface area contributed by atoms with Gasteiger partial charge in [0.2, 0.25) is 0 Å². The maximum atomic E-state index is 13.1. The maximum Gasteiger partial charge on any atom is 0.144 e. The van der Waals surface area contributed by atoms with Gasteiger partial charge in [0.05, 0.1) is 0 Å². The molecule has 0 fully saturated rings. The quantitative estimate of drug-likeness (QED) is 0.521. The van der Waals surface area contributed by atoms with Crippen molar-refractivity contribution in [1.29, 1.82) is 0 Å². The summed E-state index contributed by atoms with van der Waals surface area (Å²) < 4.78 is 0. The SMILES string of the molecule is CC1CC(=O)CCCCCC/C=C\CCC(C)(C)C(=O)C1(C)C. The topological polar surface area (TPSA) is 34.1 Å². The van der Waals surface area contributed by atoms with Crippen molar-refractivity contribution in [3.63, 3.8) is 0 Å². The normalized spacial score (nSPS) is 29.2. The molecule has 0 aromatic heterocycles. The van der Waals surface area contributed by atoms with Crippen molar-refractivity contribution in [1.82, 2.24) is 0 Å². The molecule has 0 spiro atoms. The molecule has 2 nitrogen and oxygen atoms in total. The van der Waals surface area contributed by atoms with Crippen LogP contribution in [0.5, 0.6) is 0 Å². The van der Waals surface area contributed by atoms with E-state index in [1.807, 2.05) is 13.8 Å². The molecule has 132 valence electrons. The van der Waals surface area contributed by atoms with Crippen LogP contribution in [0.25, 0.3) is 0 Å². The van der Waals surface area contributed by atoms with Gasteiger partial charge in [-0.05, 0) is 38.0 Å². The minimum absolute atomic E-state index is 0.102. The molecular weight excluding hydrogens is 284 g/mol. The summed E-state index contributed by atoms with van der Waals surface area (Å²) in [6, 6.07) is 0.